The van der Waals surface area contributed by atoms with E-state index in [2.05, 4.69) is 61.9 Å². The lowest BCUT2D eigenvalue weighted by Crippen LogP contribution is -2.03. The molecule has 3 rings (SSSR count). The van der Waals surface area contributed by atoms with Gasteiger partial charge in [-0.05, 0) is 38.5 Å². The molecule has 120 valence electrons. The molecule has 0 amide bonds. The van der Waals surface area contributed by atoms with Gasteiger partial charge in [-0.2, -0.15) is 0 Å². The molecule has 0 saturated heterocycles. The molecule has 0 radical (unpaired) electrons. The molecular formula is C20H24N2O. The maximum absolute atomic E-state index is 5.98. The van der Waals surface area contributed by atoms with Gasteiger partial charge < -0.3 is 15.0 Å². The molecule has 0 atom stereocenters. The Bertz CT molecular complexity index is 800. The van der Waals surface area contributed by atoms with Crippen molar-refractivity contribution in [1.82, 2.24) is 4.57 Å². The fraction of sp³-hybridized carbons (Fsp3) is 0.300. The molecule has 23 heavy (non-hydrogen) atoms. The maximum Gasteiger partial charge on any atom is 0.119 e. The highest BCUT2D eigenvalue weighted by Crippen LogP contribution is 2.28. The maximum atomic E-state index is 5.98. The second-order valence-electron chi connectivity index (χ2n) is 6.27. The molecular weight excluding hydrogens is 284 g/mol. The van der Waals surface area contributed by atoms with Crippen LogP contribution < -0.4 is 10.5 Å². The van der Waals surface area contributed by atoms with Gasteiger partial charge in [0.05, 0.1) is 5.52 Å². The van der Waals surface area contributed by atoms with E-state index in [0.717, 1.165) is 5.75 Å². The van der Waals surface area contributed by atoms with Crippen LogP contribution in [0.2, 0.25) is 0 Å². The van der Waals surface area contributed by atoms with Crippen molar-refractivity contribution in [3.8, 4) is 5.75 Å². The molecule has 3 nitrogen and oxygen atoms in total. The average molecular weight is 308 g/mol. The number of rotatable bonds is 5. The quantitative estimate of drug-likeness (QED) is 0.750. The van der Waals surface area contributed by atoms with Gasteiger partial charge in [0.25, 0.3) is 0 Å². The monoisotopic (exact) mass is 308 g/mol. The summed E-state index contributed by atoms with van der Waals surface area (Å²) >= 11 is 0. The second kappa shape index (κ2) is 6.47. The molecule has 0 aliphatic rings. The molecule has 0 aliphatic heterocycles. The number of fused-ring (bicyclic) bond motifs is 1. The number of hydrogen-bond acceptors (Lipinski definition) is 2. The highest BCUT2D eigenvalue weighted by Gasteiger charge is 2.13. The molecule has 0 unspecified atom stereocenters. The summed E-state index contributed by atoms with van der Waals surface area (Å²) in [5.41, 5.74) is 10.8. The Morgan fingerprint density at radius 1 is 1.04 bits per heavy atom. The molecule has 3 aromatic rings. The van der Waals surface area contributed by atoms with Gasteiger partial charge in [-0.1, -0.05) is 35.9 Å². The van der Waals surface area contributed by atoms with Crippen molar-refractivity contribution in [2.75, 3.05) is 0 Å². The molecule has 1 aromatic heterocycles. The SMILES string of the molecule is Cc1ccc(OCc2cn(C(C)C)c3c(CN)cccc23)cc1. The van der Waals surface area contributed by atoms with E-state index in [1.807, 2.05) is 12.1 Å². The van der Waals surface area contributed by atoms with E-state index in [0.29, 0.717) is 19.2 Å². The smallest absolute Gasteiger partial charge is 0.119 e. The van der Waals surface area contributed by atoms with Crippen LogP contribution in [0.25, 0.3) is 10.9 Å². The summed E-state index contributed by atoms with van der Waals surface area (Å²) < 4.78 is 8.27. The summed E-state index contributed by atoms with van der Waals surface area (Å²) in [6.45, 7) is 7.57. The first-order chi connectivity index (χ1) is 11.1. The first kappa shape index (κ1) is 15.6. The number of benzene rings is 2. The Labute approximate surface area is 137 Å². The number of nitrogens with zero attached hydrogens (tertiary/aromatic N) is 1. The summed E-state index contributed by atoms with van der Waals surface area (Å²) in [6, 6.07) is 14.9. The topological polar surface area (TPSA) is 40.2 Å². The Balaban J connectivity index is 1.96. The van der Waals surface area contributed by atoms with Crippen LogP contribution in [0.15, 0.2) is 48.7 Å². The van der Waals surface area contributed by atoms with Gasteiger partial charge in [0.2, 0.25) is 0 Å². The zero-order valence-corrected chi connectivity index (χ0v) is 14.0. The van der Waals surface area contributed by atoms with Crippen LogP contribution in [0.4, 0.5) is 0 Å². The summed E-state index contributed by atoms with van der Waals surface area (Å²) in [4.78, 5) is 0. The van der Waals surface area contributed by atoms with Gasteiger partial charge in [0.15, 0.2) is 0 Å². The molecule has 0 aliphatic carbocycles. The standard InChI is InChI=1S/C20H24N2O/c1-14(2)22-12-17(13-23-18-9-7-15(3)8-10-18)19-6-4-5-16(11-21)20(19)22/h4-10,12,14H,11,13,21H2,1-3H3. The number of aryl methyl sites for hydroxylation is 1. The van der Waals surface area contributed by atoms with Gasteiger partial charge in [-0.3, -0.25) is 0 Å². The lowest BCUT2D eigenvalue weighted by Gasteiger charge is -2.11. The van der Waals surface area contributed by atoms with Gasteiger partial charge in [-0.25, -0.2) is 0 Å². The highest BCUT2D eigenvalue weighted by atomic mass is 16.5. The fourth-order valence-corrected chi connectivity index (χ4v) is 2.94. The predicted molar refractivity (Wildman–Crippen MR) is 95.7 cm³/mol. The van der Waals surface area contributed by atoms with Crippen molar-refractivity contribution in [3.63, 3.8) is 0 Å². The van der Waals surface area contributed by atoms with E-state index in [9.17, 15) is 0 Å². The zero-order chi connectivity index (χ0) is 16.4. The van der Waals surface area contributed by atoms with Gasteiger partial charge in [0.1, 0.15) is 12.4 Å². The minimum atomic E-state index is 0.387. The van der Waals surface area contributed by atoms with Crippen molar-refractivity contribution in [2.24, 2.45) is 5.73 Å². The number of aromatic nitrogens is 1. The van der Waals surface area contributed by atoms with Crippen molar-refractivity contribution in [3.05, 3.63) is 65.4 Å². The zero-order valence-electron chi connectivity index (χ0n) is 14.0. The van der Waals surface area contributed by atoms with Crippen molar-refractivity contribution in [2.45, 2.75) is 40.0 Å². The van der Waals surface area contributed by atoms with Crippen LogP contribution >= 0.6 is 0 Å². The van der Waals surface area contributed by atoms with Crippen LogP contribution in [0, 0.1) is 6.92 Å². The number of nitrogens with two attached hydrogens (primary N) is 1. The molecule has 1 heterocycles. The van der Waals surface area contributed by atoms with Crippen LogP contribution in [0.3, 0.4) is 0 Å². The van der Waals surface area contributed by atoms with E-state index >= 15 is 0 Å². The van der Waals surface area contributed by atoms with E-state index in [1.54, 1.807) is 0 Å². The molecule has 2 aromatic carbocycles. The van der Waals surface area contributed by atoms with Gasteiger partial charge in [-0.15, -0.1) is 0 Å². The van der Waals surface area contributed by atoms with E-state index in [1.165, 1.54) is 27.6 Å². The second-order valence-corrected chi connectivity index (χ2v) is 6.27. The molecule has 0 spiro atoms. The first-order valence-electron chi connectivity index (χ1n) is 8.11. The summed E-state index contributed by atoms with van der Waals surface area (Å²) in [7, 11) is 0. The predicted octanol–water partition coefficient (Wildman–Crippen LogP) is 4.57. The Morgan fingerprint density at radius 3 is 2.43 bits per heavy atom. The Morgan fingerprint density at radius 2 is 1.78 bits per heavy atom. The van der Waals surface area contributed by atoms with Crippen molar-refractivity contribution < 1.29 is 4.74 Å². The molecule has 0 saturated carbocycles. The molecule has 0 bridgehead atoms. The summed E-state index contributed by atoms with van der Waals surface area (Å²) in [6.07, 6.45) is 2.20. The van der Waals surface area contributed by atoms with Crippen molar-refractivity contribution >= 4 is 10.9 Å². The number of ether oxygens (including phenoxy) is 1. The number of para-hydroxylation sites is 1. The van der Waals surface area contributed by atoms with Gasteiger partial charge in [0, 0.05) is 29.7 Å². The van der Waals surface area contributed by atoms with E-state index in [4.69, 9.17) is 10.5 Å². The van der Waals surface area contributed by atoms with Crippen molar-refractivity contribution in [1.29, 1.82) is 0 Å². The van der Waals surface area contributed by atoms with Crippen LogP contribution in [0.5, 0.6) is 5.75 Å². The molecule has 2 N–H and O–H groups in total. The third-order valence-corrected chi connectivity index (χ3v) is 4.21. The molecule has 3 heteroatoms. The normalized spacial score (nSPS) is 11.3. The fourth-order valence-electron chi connectivity index (χ4n) is 2.94. The van der Waals surface area contributed by atoms with Gasteiger partial charge >= 0.3 is 0 Å². The van der Waals surface area contributed by atoms with Crippen LogP contribution in [-0.2, 0) is 13.2 Å². The number of hydrogen-bond donors (Lipinski definition) is 1. The summed E-state index contributed by atoms with van der Waals surface area (Å²) in [5, 5.41) is 1.23. The molecule has 0 fully saturated rings. The van der Waals surface area contributed by atoms with Crippen LogP contribution in [-0.4, -0.2) is 4.57 Å². The largest absolute Gasteiger partial charge is 0.489 e. The average Bonchev–Trinajstić information content (AvgIpc) is 2.93. The van der Waals surface area contributed by atoms with E-state index in [-0.39, 0.29) is 0 Å². The Kier molecular flexibility index (Phi) is 4.39. The lowest BCUT2D eigenvalue weighted by molar-refractivity contribution is 0.307. The third kappa shape index (κ3) is 3.10. The minimum Gasteiger partial charge on any atom is -0.489 e. The Hall–Kier alpha value is -2.26. The van der Waals surface area contributed by atoms with E-state index < -0.39 is 0 Å². The first-order valence-corrected chi connectivity index (χ1v) is 8.11. The minimum absolute atomic E-state index is 0.387. The van der Waals surface area contributed by atoms with Crippen LogP contribution in [0.1, 0.15) is 36.6 Å². The summed E-state index contributed by atoms with van der Waals surface area (Å²) in [5.74, 6) is 0.899. The lowest BCUT2D eigenvalue weighted by atomic mass is 10.1. The third-order valence-electron chi connectivity index (χ3n) is 4.21. The highest BCUT2D eigenvalue weighted by molar-refractivity contribution is 5.87.